The first-order valence-electron chi connectivity index (χ1n) is 6.87. The summed E-state index contributed by atoms with van der Waals surface area (Å²) in [4.78, 5) is 12.1. The highest BCUT2D eigenvalue weighted by atomic mass is 35.5. The van der Waals surface area contributed by atoms with Gasteiger partial charge in [-0.25, -0.2) is 4.79 Å². The molecule has 0 bridgehead atoms. The molecule has 0 spiro atoms. The van der Waals surface area contributed by atoms with E-state index in [4.69, 9.17) is 16.3 Å². The van der Waals surface area contributed by atoms with Crippen LogP contribution in [-0.2, 0) is 9.53 Å². The molecule has 1 unspecified atom stereocenters. The number of ether oxygens (including phenoxy) is 1. The monoisotopic (exact) mass is 298 g/mol. The standard InChI is InChI=1S/C18H15ClO2/c1-12-7-9-13(10-8-12)16-11-15(18(20)21-16)17(19)14-5-3-2-4-6-14/h2-10,16H,11H2,1H3/b17-15-. The molecule has 1 heterocycles. The van der Waals surface area contributed by atoms with Crippen molar-refractivity contribution < 1.29 is 9.53 Å². The summed E-state index contributed by atoms with van der Waals surface area (Å²) in [5.74, 6) is -0.325. The zero-order chi connectivity index (χ0) is 14.8. The Balaban J connectivity index is 1.90. The third-order valence-corrected chi connectivity index (χ3v) is 4.07. The highest BCUT2D eigenvalue weighted by Gasteiger charge is 2.32. The summed E-state index contributed by atoms with van der Waals surface area (Å²) < 4.78 is 5.46. The van der Waals surface area contributed by atoms with Crippen molar-refractivity contribution in [2.45, 2.75) is 19.4 Å². The summed E-state index contributed by atoms with van der Waals surface area (Å²) >= 11 is 6.36. The van der Waals surface area contributed by atoms with Crippen molar-refractivity contribution in [3.05, 3.63) is 76.9 Å². The first kappa shape index (κ1) is 13.9. The Bertz CT molecular complexity index is 687. The lowest BCUT2D eigenvalue weighted by molar-refractivity contribution is -0.139. The maximum atomic E-state index is 12.1. The fourth-order valence-corrected chi connectivity index (χ4v) is 2.70. The average Bonchev–Trinajstić information content (AvgIpc) is 2.90. The van der Waals surface area contributed by atoms with Gasteiger partial charge in [0.1, 0.15) is 6.10 Å². The van der Waals surface area contributed by atoms with Gasteiger partial charge >= 0.3 is 5.97 Å². The number of hydrogen-bond acceptors (Lipinski definition) is 2. The minimum absolute atomic E-state index is 0.245. The molecule has 2 aromatic rings. The van der Waals surface area contributed by atoms with E-state index in [0.29, 0.717) is 17.0 Å². The Hall–Kier alpha value is -2.06. The van der Waals surface area contributed by atoms with Gasteiger partial charge in [0.25, 0.3) is 0 Å². The summed E-state index contributed by atoms with van der Waals surface area (Å²) in [5.41, 5.74) is 3.58. The van der Waals surface area contributed by atoms with Gasteiger partial charge in [0.05, 0.1) is 10.6 Å². The molecule has 0 saturated carbocycles. The summed E-state index contributed by atoms with van der Waals surface area (Å²) in [6.45, 7) is 2.03. The highest BCUT2D eigenvalue weighted by Crippen LogP contribution is 2.38. The van der Waals surface area contributed by atoms with Crippen LogP contribution >= 0.6 is 11.6 Å². The minimum Gasteiger partial charge on any atom is -0.454 e. The fraction of sp³-hybridized carbons (Fsp3) is 0.167. The van der Waals surface area contributed by atoms with Crippen LogP contribution in [0.25, 0.3) is 5.03 Å². The summed E-state index contributed by atoms with van der Waals surface area (Å²) in [5, 5.41) is 0.482. The molecule has 1 aliphatic heterocycles. The van der Waals surface area contributed by atoms with Gasteiger partial charge in [-0.3, -0.25) is 0 Å². The van der Waals surface area contributed by atoms with Crippen molar-refractivity contribution in [1.82, 2.24) is 0 Å². The number of cyclic esters (lactones) is 1. The molecule has 1 atom stereocenters. The van der Waals surface area contributed by atoms with Gasteiger partial charge in [0, 0.05) is 6.42 Å². The Morgan fingerprint density at radius 3 is 2.43 bits per heavy atom. The van der Waals surface area contributed by atoms with Crippen LogP contribution < -0.4 is 0 Å². The molecule has 2 aromatic carbocycles. The van der Waals surface area contributed by atoms with E-state index in [-0.39, 0.29) is 12.1 Å². The largest absolute Gasteiger partial charge is 0.454 e. The molecular formula is C18H15ClO2. The molecule has 21 heavy (non-hydrogen) atoms. The van der Waals surface area contributed by atoms with Gasteiger partial charge in [-0.1, -0.05) is 71.8 Å². The SMILES string of the molecule is Cc1ccc(C2C/C(=C(/Cl)c3ccccc3)C(=O)O2)cc1. The maximum absolute atomic E-state index is 12.1. The van der Waals surface area contributed by atoms with Crippen molar-refractivity contribution in [3.8, 4) is 0 Å². The second-order valence-electron chi connectivity index (χ2n) is 5.17. The maximum Gasteiger partial charge on any atom is 0.336 e. The Kier molecular flexibility index (Phi) is 3.80. The lowest BCUT2D eigenvalue weighted by atomic mass is 10.0. The van der Waals surface area contributed by atoms with E-state index in [1.165, 1.54) is 5.56 Å². The predicted octanol–water partition coefficient (Wildman–Crippen LogP) is 4.63. The molecule has 3 heteroatoms. The molecule has 1 saturated heterocycles. The first-order chi connectivity index (χ1) is 10.1. The molecule has 0 aliphatic carbocycles. The number of carbonyl (C=O) groups excluding carboxylic acids is 1. The van der Waals surface area contributed by atoms with Crippen LogP contribution in [0.4, 0.5) is 0 Å². The molecule has 2 nitrogen and oxygen atoms in total. The number of esters is 1. The summed E-state index contributed by atoms with van der Waals surface area (Å²) in [7, 11) is 0. The van der Waals surface area contributed by atoms with Crippen LogP contribution in [0, 0.1) is 6.92 Å². The van der Waals surface area contributed by atoms with Gasteiger partial charge in [-0.15, -0.1) is 0 Å². The quantitative estimate of drug-likeness (QED) is 0.597. The van der Waals surface area contributed by atoms with E-state index in [1.807, 2.05) is 61.5 Å². The predicted molar refractivity (Wildman–Crippen MR) is 83.8 cm³/mol. The molecule has 1 aliphatic rings. The first-order valence-corrected chi connectivity index (χ1v) is 7.24. The van der Waals surface area contributed by atoms with Crippen molar-refractivity contribution in [1.29, 1.82) is 0 Å². The van der Waals surface area contributed by atoms with Crippen molar-refractivity contribution >= 4 is 22.6 Å². The average molecular weight is 299 g/mol. The molecule has 3 rings (SSSR count). The molecule has 0 amide bonds. The van der Waals surface area contributed by atoms with Crippen LogP contribution in [0.2, 0.25) is 0 Å². The number of rotatable bonds is 2. The van der Waals surface area contributed by atoms with E-state index in [2.05, 4.69) is 0 Å². The zero-order valence-corrected chi connectivity index (χ0v) is 12.4. The minimum atomic E-state index is -0.325. The van der Waals surface area contributed by atoms with E-state index in [9.17, 15) is 4.79 Å². The Morgan fingerprint density at radius 2 is 1.76 bits per heavy atom. The Labute approximate surface area is 129 Å². The number of hydrogen-bond donors (Lipinski definition) is 0. The smallest absolute Gasteiger partial charge is 0.336 e. The lowest BCUT2D eigenvalue weighted by Crippen LogP contribution is -1.99. The Morgan fingerprint density at radius 1 is 1.10 bits per heavy atom. The molecule has 1 fully saturated rings. The summed E-state index contributed by atoms with van der Waals surface area (Å²) in [6, 6.07) is 17.5. The topological polar surface area (TPSA) is 26.3 Å². The van der Waals surface area contributed by atoms with Gasteiger partial charge < -0.3 is 4.74 Å². The molecule has 0 radical (unpaired) electrons. The van der Waals surface area contributed by atoms with Gasteiger partial charge in [-0.2, -0.15) is 0 Å². The highest BCUT2D eigenvalue weighted by molar-refractivity contribution is 6.51. The number of halogens is 1. The summed E-state index contributed by atoms with van der Waals surface area (Å²) in [6.07, 6.45) is 0.265. The van der Waals surface area contributed by atoms with Crippen molar-refractivity contribution in [3.63, 3.8) is 0 Å². The van der Waals surface area contributed by atoms with E-state index >= 15 is 0 Å². The van der Waals surface area contributed by atoms with Crippen LogP contribution in [0.3, 0.4) is 0 Å². The van der Waals surface area contributed by atoms with E-state index < -0.39 is 0 Å². The number of aryl methyl sites for hydroxylation is 1. The second-order valence-corrected chi connectivity index (χ2v) is 5.55. The van der Waals surface area contributed by atoms with Crippen molar-refractivity contribution in [2.75, 3.05) is 0 Å². The van der Waals surface area contributed by atoms with Crippen molar-refractivity contribution in [2.24, 2.45) is 0 Å². The molecular weight excluding hydrogens is 284 g/mol. The normalized spacial score (nSPS) is 20.3. The second kappa shape index (κ2) is 5.74. The van der Waals surface area contributed by atoms with Crippen LogP contribution in [-0.4, -0.2) is 5.97 Å². The molecule has 106 valence electrons. The van der Waals surface area contributed by atoms with Gasteiger partial charge in [0.2, 0.25) is 0 Å². The molecule has 0 aromatic heterocycles. The molecule has 0 N–H and O–H groups in total. The third kappa shape index (κ3) is 2.86. The van der Waals surface area contributed by atoms with Gasteiger partial charge in [-0.05, 0) is 18.1 Å². The number of carbonyl (C=O) groups is 1. The zero-order valence-electron chi connectivity index (χ0n) is 11.7. The fourth-order valence-electron chi connectivity index (χ4n) is 2.42. The third-order valence-electron chi connectivity index (χ3n) is 3.63. The van der Waals surface area contributed by atoms with Gasteiger partial charge in [0.15, 0.2) is 0 Å². The van der Waals surface area contributed by atoms with Crippen LogP contribution in [0.15, 0.2) is 60.2 Å². The van der Waals surface area contributed by atoms with E-state index in [1.54, 1.807) is 0 Å². The van der Waals surface area contributed by atoms with Crippen LogP contribution in [0.5, 0.6) is 0 Å². The number of benzene rings is 2. The lowest BCUT2D eigenvalue weighted by Gasteiger charge is -2.08. The van der Waals surface area contributed by atoms with E-state index in [0.717, 1.165) is 11.1 Å². The van der Waals surface area contributed by atoms with Crippen LogP contribution in [0.1, 0.15) is 29.2 Å².